The van der Waals surface area contributed by atoms with Crippen LogP contribution in [0.1, 0.15) is 19.4 Å². The van der Waals surface area contributed by atoms with E-state index in [-0.39, 0.29) is 6.10 Å². The fourth-order valence-corrected chi connectivity index (χ4v) is 1.40. The molecule has 0 aliphatic carbocycles. The maximum Gasteiger partial charge on any atom is 0.0722 e. The predicted octanol–water partition coefficient (Wildman–Crippen LogP) is 3.23. The number of aliphatic hydroxyl groups is 1. The minimum Gasteiger partial charge on any atom is -0.389 e. The smallest absolute Gasteiger partial charge is 0.0722 e. The molecule has 1 aromatic rings. The summed E-state index contributed by atoms with van der Waals surface area (Å²) < 4.78 is 1.06. The lowest BCUT2D eigenvalue weighted by Gasteiger charge is -2.04. The molecule has 0 fully saturated rings. The summed E-state index contributed by atoms with van der Waals surface area (Å²) in [5.41, 5.74) is 2.07. The fraction of sp³-hybridized carbons (Fsp3) is 0.273. The minimum atomic E-state index is -0.376. The summed E-state index contributed by atoms with van der Waals surface area (Å²) in [6.45, 7) is 3.69. The van der Waals surface area contributed by atoms with Crippen LogP contribution in [-0.2, 0) is 0 Å². The molecule has 0 spiro atoms. The van der Waals surface area contributed by atoms with Gasteiger partial charge in [0.15, 0.2) is 0 Å². The summed E-state index contributed by atoms with van der Waals surface area (Å²) in [5.74, 6) is 0. The molecule has 1 unspecified atom stereocenters. The highest BCUT2D eigenvalue weighted by Crippen LogP contribution is 2.15. The second-order valence-electron chi connectivity index (χ2n) is 3.12. The van der Waals surface area contributed by atoms with Crippen molar-refractivity contribution in [1.29, 1.82) is 0 Å². The van der Waals surface area contributed by atoms with Crippen LogP contribution in [0.3, 0.4) is 0 Å². The Labute approximate surface area is 87.2 Å². The highest BCUT2D eigenvalue weighted by atomic mass is 79.9. The first kappa shape index (κ1) is 10.5. The van der Waals surface area contributed by atoms with Gasteiger partial charge in [-0.25, -0.2) is 0 Å². The zero-order valence-corrected chi connectivity index (χ0v) is 9.38. The first-order chi connectivity index (χ1) is 6.09. The highest BCUT2D eigenvalue weighted by Gasteiger charge is 1.97. The third-order valence-electron chi connectivity index (χ3n) is 1.90. The van der Waals surface area contributed by atoms with Gasteiger partial charge in [0.05, 0.1) is 6.10 Å². The monoisotopic (exact) mass is 240 g/mol. The van der Waals surface area contributed by atoms with Gasteiger partial charge >= 0.3 is 0 Å². The van der Waals surface area contributed by atoms with Crippen LogP contribution in [0, 0.1) is 0 Å². The standard InChI is InChI=1S/C11H13BrO/c1-8(9(2)13)6-10-4-3-5-11(12)7-10/h3-7,9,13H,1-2H3/b8-6+. The number of rotatable bonds is 2. The largest absolute Gasteiger partial charge is 0.389 e. The lowest BCUT2D eigenvalue weighted by molar-refractivity contribution is 0.232. The van der Waals surface area contributed by atoms with E-state index in [1.807, 2.05) is 37.3 Å². The molecule has 0 bridgehead atoms. The minimum absolute atomic E-state index is 0.376. The van der Waals surface area contributed by atoms with Crippen LogP contribution in [0.25, 0.3) is 6.08 Å². The van der Waals surface area contributed by atoms with E-state index >= 15 is 0 Å². The van der Waals surface area contributed by atoms with Crippen molar-refractivity contribution in [2.45, 2.75) is 20.0 Å². The van der Waals surface area contributed by atoms with Gasteiger partial charge in [-0.05, 0) is 37.1 Å². The van der Waals surface area contributed by atoms with E-state index in [2.05, 4.69) is 15.9 Å². The molecule has 1 N–H and O–H groups in total. The van der Waals surface area contributed by atoms with Crippen molar-refractivity contribution >= 4 is 22.0 Å². The number of hydrogen-bond donors (Lipinski definition) is 1. The van der Waals surface area contributed by atoms with Crippen LogP contribution in [0.5, 0.6) is 0 Å². The Bertz CT molecular complexity index is 316. The average Bonchev–Trinajstić information content (AvgIpc) is 2.04. The first-order valence-electron chi connectivity index (χ1n) is 4.21. The highest BCUT2D eigenvalue weighted by molar-refractivity contribution is 9.10. The molecular formula is C11H13BrO. The van der Waals surface area contributed by atoms with Gasteiger partial charge in [-0.3, -0.25) is 0 Å². The number of benzene rings is 1. The van der Waals surface area contributed by atoms with Gasteiger partial charge in [0, 0.05) is 4.47 Å². The summed E-state index contributed by atoms with van der Waals surface area (Å²) in [7, 11) is 0. The Balaban J connectivity index is 2.91. The van der Waals surface area contributed by atoms with Gasteiger partial charge < -0.3 is 5.11 Å². The second-order valence-corrected chi connectivity index (χ2v) is 4.04. The Morgan fingerprint density at radius 1 is 1.54 bits per heavy atom. The van der Waals surface area contributed by atoms with Crippen LogP contribution in [0.15, 0.2) is 34.3 Å². The van der Waals surface area contributed by atoms with E-state index < -0.39 is 0 Å². The van der Waals surface area contributed by atoms with Crippen LogP contribution in [0.4, 0.5) is 0 Å². The quantitative estimate of drug-likeness (QED) is 0.842. The van der Waals surface area contributed by atoms with Gasteiger partial charge in [-0.2, -0.15) is 0 Å². The Morgan fingerprint density at radius 2 is 2.23 bits per heavy atom. The van der Waals surface area contributed by atoms with E-state index in [0.29, 0.717) is 0 Å². The van der Waals surface area contributed by atoms with Crippen molar-refractivity contribution in [1.82, 2.24) is 0 Å². The van der Waals surface area contributed by atoms with Gasteiger partial charge in [0.1, 0.15) is 0 Å². The summed E-state index contributed by atoms with van der Waals surface area (Å²) in [6, 6.07) is 7.99. The zero-order chi connectivity index (χ0) is 9.84. The molecule has 0 aliphatic heterocycles. The third kappa shape index (κ3) is 3.33. The molecule has 1 aromatic carbocycles. The molecule has 0 radical (unpaired) electrons. The van der Waals surface area contributed by atoms with E-state index in [9.17, 15) is 5.11 Å². The lowest BCUT2D eigenvalue weighted by atomic mass is 10.1. The molecular weight excluding hydrogens is 228 g/mol. The van der Waals surface area contributed by atoms with Gasteiger partial charge in [-0.1, -0.05) is 34.1 Å². The molecule has 2 heteroatoms. The molecule has 0 aromatic heterocycles. The molecule has 1 rings (SSSR count). The van der Waals surface area contributed by atoms with E-state index in [1.165, 1.54) is 0 Å². The van der Waals surface area contributed by atoms with Crippen LogP contribution in [-0.4, -0.2) is 11.2 Å². The fourth-order valence-electron chi connectivity index (χ4n) is 0.980. The van der Waals surface area contributed by atoms with Crippen molar-refractivity contribution in [3.8, 4) is 0 Å². The summed E-state index contributed by atoms with van der Waals surface area (Å²) >= 11 is 3.40. The molecule has 13 heavy (non-hydrogen) atoms. The van der Waals surface area contributed by atoms with Crippen molar-refractivity contribution in [3.05, 3.63) is 39.9 Å². The third-order valence-corrected chi connectivity index (χ3v) is 2.40. The van der Waals surface area contributed by atoms with Crippen LogP contribution < -0.4 is 0 Å². The van der Waals surface area contributed by atoms with Crippen LogP contribution in [0.2, 0.25) is 0 Å². The molecule has 0 heterocycles. The average molecular weight is 241 g/mol. The van der Waals surface area contributed by atoms with Crippen molar-refractivity contribution in [2.24, 2.45) is 0 Å². The Morgan fingerprint density at radius 3 is 2.77 bits per heavy atom. The first-order valence-corrected chi connectivity index (χ1v) is 5.00. The molecule has 70 valence electrons. The molecule has 0 saturated heterocycles. The maximum atomic E-state index is 9.27. The Kier molecular flexibility index (Phi) is 3.70. The molecule has 1 atom stereocenters. The molecule has 1 nitrogen and oxygen atoms in total. The van der Waals surface area contributed by atoms with Gasteiger partial charge in [0.25, 0.3) is 0 Å². The summed E-state index contributed by atoms with van der Waals surface area (Å²) in [4.78, 5) is 0. The zero-order valence-electron chi connectivity index (χ0n) is 7.79. The molecule has 0 aliphatic rings. The van der Waals surface area contributed by atoms with Crippen molar-refractivity contribution < 1.29 is 5.11 Å². The molecule has 0 saturated carbocycles. The number of aliphatic hydroxyl groups excluding tert-OH is 1. The van der Waals surface area contributed by atoms with Crippen molar-refractivity contribution in [3.63, 3.8) is 0 Å². The lowest BCUT2D eigenvalue weighted by Crippen LogP contribution is -2.00. The van der Waals surface area contributed by atoms with Crippen LogP contribution >= 0.6 is 15.9 Å². The summed E-state index contributed by atoms with van der Waals surface area (Å²) in [5, 5.41) is 9.27. The van der Waals surface area contributed by atoms with E-state index in [1.54, 1.807) is 6.92 Å². The topological polar surface area (TPSA) is 20.2 Å². The second kappa shape index (κ2) is 4.58. The normalized spacial score (nSPS) is 14.3. The number of hydrogen-bond acceptors (Lipinski definition) is 1. The van der Waals surface area contributed by atoms with Gasteiger partial charge in [0.2, 0.25) is 0 Å². The van der Waals surface area contributed by atoms with E-state index in [0.717, 1.165) is 15.6 Å². The van der Waals surface area contributed by atoms with E-state index in [4.69, 9.17) is 0 Å². The maximum absolute atomic E-state index is 9.27. The van der Waals surface area contributed by atoms with Gasteiger partial charge in [-0.15, -0.1) is 0 Å². The van der Waals surface area contributed by atoms with Crippen molar-refractivity contribution in [2.75, 3.05) is 0 Å². The number of halogens is 1. The predicted molar refractivity (Wildman–Crippen MR) is 59.5 cm³/mol. The summed E-state index contributed by atoms with van der Waals surface area (Å²) in [6.07, 6.45) is 1.61. The Hall–Kier alpha value is -0.600. The molecule has 0 amide bonds. The SMILES string of the molecule is C/C(=C\c1cccc(Br)c1)C(C)O.